The van der Waals surface area contributed by atoms with Crippen LogP contribution in [0.3, 0.4) is 0 Å². The van der Waals surface area contributed by atoms with Crippen molar-refractivity contribution in [2.24, 2.45) is 0 Å². The van der Waals surface area contributed by atoms with Crippen LogP contribution in [-0.4, -0.2) is 39.1 Å². The van der Waals surface area contributed by atoms with Gasteiger partial charge in [0.2, 0.25) is 11.6 Å². The molecule has 9 nitrogen and oxygen atoms in total. The molecule has 0 bridgehead atoms. The van der Waals surface area contributed by atoms with Crippen molar-refractivity contribution >= 4 is 23.1 Å². The highest BCUT2D eigenvalue weighted by molar-refractivity contribution is 5.74. The van der Waals surface area contributed by atoms with Crippen molar-refractivity contribution in [3.05, 3.63) is 76.7 Å². The number of pyridine rings is 1. The number of anilines is 3. The Labute approximate surface area is 173 Å². The van der Waals surface area contributed by atoms with Crippen LogP contribution in [-0.2, 0) is 11.3 Å². The Morgan fingerprint density at radius 1 is 1.13 bits per heavy atom. The van der Waals surface area contributed by atoms with Gasteiger partial charge in [0.25, 0.3) is 0 Å². The van der Waals surface area contributed by atoms with Crippen molar-refractivity contribution in [1.82, 2.24) is 15.0 Å². The zero-order valence-electron chi connectivity index (χ0n) is 16.3. The molecule has 0 aliphatic carbocycles. The molecule has 1 atom stereocenters. The molecule has 30 heavy (non-hydrogen) atoms. The van der Waals surface area contributed by atoms with E-state index in [0.717, 1.165) is 18.4 Å². The lowest BCUT2D eigenvalue weighted by Crippen LogP contribution is -2.23. The first-order valence-electron chi connectivity index (χ1n) is 9.79. The van der Waals surface area contributed by atoms with Gasteiger partial charge in [-0.05, 0) is 30.5 Å². The third-order valence-electron chi connectivity index (χ3n) is 4.87. The topological polar surface area (TPSA) is 106 Å². The number of nitrogens with one attached hydrogen (secondary N) is 1. The van der Waals surface area contributed by atoms with Crippen LogP contribution >= 0.6 is 0 Å². The summed E-state index contributed by atoms with van der Waals surface area (Å²) in [5.41, 5.74) is 0.794. The number of aromatic nitrogens is 3. The minimum atomic E-state index is -0.450. The van der Waals surface area contributed by atoms with Gasteiger partial charge in [0.15, 0.2) is 0 Å². The fraction of sp³-hybridized carbons (Fsp3) is 0.286. The summed E-state index contributed by atoms with van der Waals surface area (Å²) in [6.45, 7) is 1.55. The van der Waals surface area contributed by atoms with Crippen molar-refractivity contribution in [2.75, 3.05) is 23.4 Å². The zero-order chi connectivity index (χ0) is 20.8. The number of rotatable bonds is 8. The third-order valence-corrected chi connectivity index (χ3v) is 4.87. The average Bonchev–Trinajstić information content (AvgIpc) is 3.31. The smallest absolute Gasteiger partial charge is 0.353 e. The third kappa shape index (κ3) is 4.52. The Hall–Kier alpha value is -3.59. The van der Waals surface area contributed by atoms with Crippen LogP contribution < -0.4 is 10.2 Å². The number of nitrogens with zero attached hydrogens (tertiary/aromatic N) is 5. The number of hydrogen-bond acceptors (Lipinski definition) is 8. The second kappa shape index (κ2) is 9.27. The van der Waals surface area contributed by atoms with Gasteiger partial charge in [-0.15, -0.1) is 0 Å². The summed E-state index contributed by atoms with van der Waals surface area (Å²) >= 11 is 0. The first-order chi connectivity index (χ1) is 14.7. The van der Waals surface area contributed by atoms with Crippen LogP contribution in [0.15, 0.2) is 61.1 Å². The van der Waals surface area contributed by atoms with Crippen LogP contribution in [0.1, 0.15) is 18.4 Å². The molecule has 1 fully saturated rings. The maximum atomic E-state index is 12.0. The molecule has 1 aromatic carbocycles. The standard InChI is InChI=1S/C21H22N6O3/c28-27(29)19-20(23-13-17-9-6-12-30-17)24-15-25-21(19)26(18-10-4-5-11-22-18)14-16-7-2-1-3-8-16/h1-5,7-8,10-11,15,17H,6,9,12-14H2,(H,23,24,25). The van der Waals surface area contributed by atoms with Crippen LogP contribution in [0, 0.1) is 10.1 Å². The Bertz CT molecular complexity index is 981. The number of benzene rings is 1. The largest absolute Gasteiger partial charge is 0.376 e. The quantitative estimate of drug-likeness (QED) is 0.446. The second-order valence-corrected chi connectivity index (χ2v) is 6.93. The highest BCUT2D eigenvalue weighted by Gasteiger charge is 2.29. The van der Waals surface area contributed by atoms with Gasteiger partial charge in [-0.1, -0.05) is 36.4 Å². The lowest BCUT2D eigenvalue weighted by Gasteiger charge is -2.23. The van der Waals surface area contributed by atoms with Crippen molar-refractivity contribution in [3.63, 3.8) is 0 Å². The molecular weight excluding hydrogens is 384 g/mol. The minimum absolute atomic E-state index is 0.0271. The van der Waals surface area contributed by atoms with E-state index in [2.05, 4.69) is 20.3 Å². The maximum Gasteiger partial charge on any atom is 0.353 e. The van der Waals surface area contributed by atoms with Crippen LogP contribution in [0.5, 0.6) is 0 Å². The summed E-state index contributed by atoms with van der Waals surface area (Å²) in [4.78, 5) is 26.1. The lowest BCUT2D eigenvalue weighted by molar-refractivity contribution is -0.383. The Morgan fingerprint density at radius 2 is 1.97 bits per heavy atom. The normalized spacial score (nSPS) is 15.7. The van der Waals surface area contributed by atoms with Gasteiger partial charge < -0.3 is 15.0 Å². The molecule has 9 heteroatoms. The average molecular weight is 406 g/mol. The van der Waals surface area contributed by atoms with E-state index in [1.54, 1.807) is 23.2 Å². The second-order valence-electron chi connectivity index (χ2n) is 6.93. The van der Waals surface area contributed by atoms with Gasteiger partial charge in [-0.2, -0.15) is 0 Å². The molecule has 0 saturated carbocycles. The number of hydrogen-bond donors (Lipinski definition) is 1. The molecular formula is C21H22N6O3. The number of nitro groups is 1. The number of ether oxygens (including phenoxy) is 1. The molecule has 0 amide bonds. The Balaban J connectivity index is 1.71. The van der Waals surface area contributed by atoms with Crippen molar-refractivity contribution in [2.45, 2.75) is 25.5 Å². The van der Waals surface area contributed by atoms with Crippen molar-refractivity contribution in [1.29, 1.82) is 0 Å². The summed E-state index contributed by atoms with van der Waals surface area (Å²) in [6.07, 6.45) is 4.93. The monoisotopic (exact) mass is 406 g/mol. The van der Waals surface area contributed by atoms with E-state index >= 15 is 0 Å². The summed E-state index contributed by atoms with van der Waals surface area (Å²) < 4.78 is 5.60. The summed E-state index contributed by atoms with van der Waals surface area (Å²) in [7, 11) is 0. The van der Waals surface area contributed by atoms with Gasteiger partial charge >= 0.3 is 5.69 Å². The highest BCUT2D eigenvalue weighted by atomic mass is 16.6. The predicted molar refractivity (Wildman–Crippen MR) is 113 cm³/mol. The Morgan fingerprint density at radius 3 is 2.67 bits per heavy atom. The van der Waals surface area contributed by atoms with E-state index in [0.29, 0.717) is 25.5 Å². The van der Waals surface area contributed by atoms with Gasteiger partial charge in [0.05, 0.1) is 17.6 Å². The first kappa shape index (κ1) is 19.7. The summed E-state index contributed by atoms with van der Waals surface area (Å²) in [5, 5.41) is 15.1. The lowest BCUT2D eigenvalue weighted by atomic mass is 10.2. The van der Waals surface area contributed by atoms with Crippen LogP contribution in [0.25, 0.3) is 0 Å². The fourth-order valence-electron chi connectivity index (χ4n) is 3.42. The van der Waals surface area contributed by atoms with E-state index < -0.39 is 4.92 Å². The van der Waals surface area contributed by atoms with E-state index in [4.69, 9.17) is 4.74 Å². The van der Waals surface area contributed by atoms with E-state index in [-0.39, 0.29) is 23.4 Å². The first-order valence-corrected chi connectivity index (χ1v) is 9.79. The predicted octanol–water partition coefficient (Wildman–Crippen LogP) is 3.71. The van der Waals surface area contributed by atoms with Crippen molar-refractivity contribution < 1.29 is 9.66 Å². The molecule has 1 N–H and O–H groups in total. The fourth-order valence-corrected chi connectivity index (χ4v) is 3.42. The Kier molecular flexibility index (Phi) is 6.09. The maximum absolute atomic E-state index is 12.0. The molecule has 4 rings (SSSR count). The molecule has 1 unspecified atom stereocenters. The minimum Gasteiger partial charge on any atom is -0.376 e. The molecule has 2 aromatic heterocycles. The highest BCUT2D eigenvalue weighted by Crippen LogP contribution is 2.36. The van der Waals surface area contributed by atoms with Gasteiger partial charge in [0, 0.05) is 19.3 Å². The van der Waals surface area contributed by atoms with Crippen LogP contribution in [0.2, 0.25) is 0 Å². The zero-order valence-corrected chi connectivity index (χ0v) is 16.3. The molecule has 1 aliphatic heterocycles. The van der Waals surface area contributed by atoms with E-state index in [1.807, 2.05) is 36.4 Å². The van der Waals surface area contributed by atoms with Gasteiger partial charge in [-0.3, -0.25) is 10.1 Å². The molecule has 1 saturated heterocycles. The molecule has 0 radical (unpaired) electrons. The molecule has 154 valence electrons. The summed E-state index contributed by atoms with van der Waals surface area (Å²) in [5.74, 6) is 0.926. The molecule has 3 aromatic rings. The summed E-state index contributed by atoms with van der Waals surface area (Å²) in [6, 6.07) is 15.1. The van der Waals surface area contributed by atoms with E-state index in [9.17, 15) is 10.1 Å². The molecule has 0 spiro atoms. The van der Waals surface area contributed by atoms with Gasteiger partial charge in [-0.25, -0.2) is 15.0 Å². The SMILES string of the molecule is O=[N+]([O-])c1c(NCC2CCCO2)ncnc1N(Cc1ccccc1)c1ccccn1. The van der Waals surface area contributed by atoms with E-state index in [1.165, 1.54) is 6.33 Å². The van der Waals surface area contributed by atoms with Crippen LogP contribution in [0.4, 0.5) is 23.1 Å². The molecule has 1 aliphatic rings. The molecule has 3 heterocycles. The van der Waals surface area contributed by atoms with Gasteiger partial charge in [0.1, 0.15) is 12.1 Å². The van der Waals surface area contributed by atoms with Crippen molar-refractivity contribution in [3.8, 4) is 0 Å².